The minimum atomic E-state index is -4.84. The van der Waals surface area contributed by atoms with E-state index in [0.29, 0.717) is 0 Å². The summed E-state index contributed by atoms with van der Waals surface area (Å²) in [5, 5.41) is 10.2. The van der Waals surface area contributed by atoms with Crippen molar-refractivity contribution in [3.8, 4) is 0 Å². The van der Waals surface area contributed by atoms with Crippen molar-refractivity contribution in [2.45, 2.75) is 6.18 Å². The van der Waals surface area contributed by atoms with Crippen LogP contribution in [0.5, 0.6) is 0 Å². The van der Waals surface area contributed by atoms with E-state index in [-0.39, 0.29) is 0 Å². The van der Waals surface area contributed by atoms with Gasteiger partial charge in [-0.15, -0.1) is 0 Å². The summed E-state index contributed by atoms with van der Waals surface area (Å²) in [5.74, 6) is -5.37. The molecule has 4 N–H and O–H groups in total. The Morgan fingerprint density at radius 3 is 2.21 bits per heavy atom. The number of rotatable bonds is 5. The van der Waals surface area contributed by atoms with Gasteiger partial charge in [-0.05, 0) is 0 Å². The Balaban J connectivity index is 4.13. The molecule has 8 heteroatoms. The average Bonchev–Trinajstić information content (AvgIpc) is 1.94. The number of amides is 1. The lowest BCUT2D eigenvalue weighted by Crippen LogP contribution is -2.41. The molecule has 1 amide bonds. The number of carboxylic acid groups (broad SMARTS) is 1. The Labute approximate surface area is 77.1 Å². The molecule has 0 radical (unpaired) electrons. The van der Waals surface area contributed by atoms with Gasteiger partial charge in [0.05, 0.1) is 6.54 Å². The molecule has 0 aromatic carbocycles. The Hall–Kier alpha value is -1.31. The van der Waals surface area contributed by atoms with Gasteiger partial charge >= 0.3 is 12.1 Å². The maximum absolute atomic E-state index is 12.0. The summed E-state index contributed by atoms with van der Waals surface area (Å²) in [7, 11) is 0. The van der Waals surface area contributed by atoms with E-state index in [1.807, 2.05) is 5.32 Å². The van der Waals surface area contributed by atoms with Gasteiger partial charge in [-0.3, -0.25) is 9.59 Å². The molecular formula is C6H9F3N2O3. The van der Waals surface area contributed by atoms with Crippen LogP contribution in [0.4, 0.5) is 13.2 Å². The van der Waals surface area contributed by atoms with E-state index in [1.165, 1.54) is 0 Å². The van der Waals surface area contributed by atoms with Crippen molar-refractivity contribution in [3.63, 3.8) is 0 Å². The van der Waals surface area contributed by atoms with Crippen LogP contribution in [-0.4, -0.2) is 36.2 Å². The molecule has 0 aromatic rings. The molecule has 0 saturated heterocycles. The highest BCUT2D eigenvalue weighted by Gasteiger charge is 2.44. The SMILES string of the molecule is NC(=O)CNCC(C(=O)O)C(F)(F)F. The molecule has 1 atom stereocenters. The molecule has 0 spiro atoms. The quantitative estimate of drug-likeness (QED) is 0.565. The molecule has 14 heavy (non-hydrogen) atoms. The number of hydrogen-bond donors (Lipinski definition) is 3. The van der Waals surface area contributed by atoms with Crippen LogP contribution in [0.3, 0.4) is 0 Å². The van der Waals surface area contributed by atoms with E-state index in [0.717, 1.165) is 0 Å². The largest absolute Gasteiger partial charge is 0.481 e. The second-order valence-electron chi connectivity index (χ2n) is 2.53. The van der Waals surface area contributed by atoms with Crippen molar-refractivity contribution in [2.24, 2.45) is 11.7 Å². The van der Waals surface area contributed by atoms with Crippen molar-refractivity contribution >= 4 is 11.9 Å². The third-order valence-electron chi connectivity index (χ3n) is 1.34. The van der Waals surface area contributed by atoms with E-state index >= 15 is 0 Å². The average molecular weight is 214 g/mol. The number of nitrogens with one attached hydrogen (secondary N) is 1. The number of aliphatic carboxylic acids is 1. The van der Waals surface area contributed by atoms with Gasteiger partial charge in [-0.2, -0.15) is 13.2 Å². The standard InChI is InChI=1S/C6H9F3N2O3/c7-6(8,9)3(5(13)14)1-11-2-4(10)12/h3,11H,1-2H2,(H2,10,12)(H,13,14). The third-order valence-corrected chi connectivity index (χ3v) is 1.34. The van der Waals surface area contributed by atoms with Crippen LogP contribution in [0, 0.1) is 5.92 Å². The fourth-order valence-corrected chi connectivity index (χ4v) is 0.683. The molecule has 0 fully saturated rings. The van der Waals surface area contributed by atoms with Crippen molar-refractivity contribution in [3.05, 3.63) is 0 Å². The summed E-state index contributed by atoms with van der Waals surface area (Å²) < 4.78 is 35.9. The minimum absolute atomic E-state index is 0.486. The van der Waals surface area contributed by atoms with Crippen LogP contribution in [-0.2, 0) is 9.59 Å². The predicted molar refractivity (Wildman–Crippen MR) is 39.2 cm³/mol. The number of nitrogens with two attached hydrogens (primary N) is 1. The van der Waals surface area contributed by atoms with Gasteiger partial charge < -0.3 is 16.2 Å². The van der Waals surface area contributed by atoms with E-state index < -0.39 is 37.1 Å². The van der Waals surface area contributed by atoms with Crippen molar-refractivity contribution < 1.29 is 27.9 Å². The molecule has 0 rings (SSSR count). The lowest BCUT2D eigenvalue weighted by Gasteiger charge is -2.15. The fraction of sp³-hybridized carbons (Fsp3) is 0.667. The van der Waals surface area contributed by atoms with Gasteiger partial charge in [0.1, 0.15) is 0 Å². The number of carbonyl (C=O) groups is 2. The maximum Gasteiger partial charge on any atom is 0.403 e. The van der Waals surface area contributed by atoms with Gasteiger partial charge in [0.2, 0.25) is 5.91 Å². The summed E-state index contributed by atoms with van der Waals surface area (Å²) >= 11 is 0. The monoisotopic (exact) mass is 214 g/mol. The molecule has 0 bridgehead atoms. The zero-order valence-corrected chi connectivity index (χ0v) is 6.97. The summed E-state index contributed by atoms with van der Waals surface area (Å²) in [6, 6.07) is 0. The maximum atomic E-state index is 12.0. The van der Waals surface area contributed by atoms with Crippen LogP contribution in [0.15, 0.2) is 0 Å². The molecule has 0 aliphatic carbocycles. The second kappa shape index (κ2) is 4.80. The number of carboxylic acids is 1. The highest BCUT2D eigenvalue weighted by atomic mass is 19.4. The number of hydrogen-bond acceptors (Lipinski definition) is 3. The Bertz CT molecular complexity index is 229. The first-order chi connectivity index (χ1) is 6.25. The zero-order chi connectivity index (χ0) is 11.4. The topological polar surface area (TPSA) is 92.4 Å². The van der Waals surface area contributed by atoms with Crippen LogP contribution >= 0.6 is 0 Å². The van der Waals surface area contributed by atoms with Crippen LogP contribution in [0.2, 0.25) is 0 Å². The Morgan fingerprint density at radius 2 is 1.93 bits per heavy atom. The van der Waals surface area contributed by atoms with Crippen LogP contribution in [0.25, 0.3) is 0 Å². The Kier molecular flexibility index (Phi) is 4.35. The number of halogens is 3. The molecule has 5 nitrogen and oxygen atoms in total. The molecule has 0 aliphatic rings. The van der Waals surface area contributed by atoms with Gasteiger partial charge in [-0.25, -0.2) is 0 Å². The van der Waals surface area contributed by atoms with Crippen molar-refractivity contribution in [1.29, 1.82) is 0 Å². The molecular weight excluding hydrogens is 205 g/mol. The summed E-state index contributed by atoms with van der Waals surface area (Å²) in [5.41, 5.74) is 4.63. The normalized spacial score (nSPS) is 13.6. The smallest absolute Gasteiger partial charge is 0.403 e. The lowest BCUT2D eigenvalue weighted by molar-refractivity contribution is -0.192. The van der Waals surface area contributed by atoms with E-state index in [2.05, 4.69) is 5.73 Å². The van der Waals surface area contributed by atoms with Gasteiger partial charge in [0.15, 0.2) is 5.92 Å². The van der Waals surface area contributed by atoms with Gasteiger partial charge in [-0.1, -0.05) is 0 Å². The predicted octanol–water partition coefficient (Wildman–Crippen LogP) is -0.676. The highest BCUT2D eigenvalue weighted by Crippen LogP contribution is 2.25. The van der Waals surface area contributed by atoms with Crippen molar-refractivity contribution in [1.82, 2.24) is 5.32 Å². The molecule has 0 aliphatic heterocycles. The van der Waals surface area contributed by atoms with E-state index in [9.17, 15) is 22.8 Å². The zero-order valence-electron chi connectivity index (χ0n) is 6.97. The lowest BCUT2D eigenvalue weighted by atomic mass is 10.1. The molecule has 1 unspecified atom stereocenters. The first kappa shape index (κ1) is 12.7. The number of primary amides is 1. The highest BCUT2D eigenvalue weighted by molar-refractivity contribution is 5.76. The number of alkyl halides is 3. The van der Waals surface area contributed by atoms with Crippen molar-refractivity contribution in [2.75, 3.05) is 13.1 Å². The Morgan fingerprint density at radius 1 is 1.43 bits per heavy atom. The number of carbonyl (C=O) groups excluding carboxylic acids is 1. The molecule has 82 valence electrons. The fourth-order valence-electron chi connectivity index (χ4n) is 0.683. The van der Waals surface area contributed by atoms with Gasteiger partial charge in [0.25, 0.3) is 0 Å². The summed E-state index contributed by atoms with van der Waals surface area (Å²) in [6.45, 7) is -1.36. The first-order valence-corrected chi connectivity index (χ1v) is 3.53. The minimum Gasteiger partial charge on any atom is -0.481 e. The van der Waals surface area contributed by atoms with E-state index in [4.69, 9.17) is 5.11 Å². The molecule has 0 heterocycles. The van der Waals surface area contributed by atoms with E-state index in [1.54, 1.807) is 0 Å². The molecule has 0 aromatic heterocycles. The van der Waals surface area contributed by atoms with Gasteiger partial charge in [0, 0.05) is 6.54 Å². The summed E-state index contributed by atoms with van der Waals surface area (Å²) in [6.07, 6.45) is -4.84. The molecule has 0 saturated carbocycles. The van der Waals surface area contributed by atoms with Crippen LogP contribution < -0.4 is 11.1 Å². The third kappa shape index (κ3) is 4.65. The first-order valence-electron chi connectivity index (χ1n) is 3.53. The second-order valence-corrected chi connectivity index (χ2v) is 2.53. The van der Waals surface area contributed by atoms with Crippen LogP contribution in [0.1, 0.15) is 0 Å². The summed E-state index contributed by atoms with van der Waals surface area (Å²) in [4.78, 5) is 20.3.